The van der Waals surface area contributed by atoms with Crippen molar-refractivity contribution >= 4 is 21.7 Å². The average molecular weight is 282 g/mol. The highest BCUT2D eigenvalue weighted by Gasteiger charge is 2.02. The Bertz CT molecular complexity index is 473. The number of halogens is 1. The summed E-state index contributed by atoms with van der Waals surface area (Å²) in [6.45, 7) is 2.50. The second kappa shape index (κ2) is 4.61. The third-order valence-electron chi connectivity index (χ3n) is 2.16. The van der Waals surface area contributed by atoms with Crippen LogP contribution in [-0.2, 0) is 13.6 Å². The highest BCUT2D eigenvalue weighted by Crippen LogP contribution is 2.12. The Kier molecular flexibility index (Phi) is 3.19. The molecule has 0 fully saturated rings. The minimum absolute atomic E-state index is 0.645. The standard InChI is InChI=1S/C10H12BrN5/c1-7-14-8(11)5-9(15-7)13-6-10-12-3-4-16(10)2/h3-5H,6H2,1-2H3,(H,13,14,15). The van der Waals surface area contributed by atoms with Crippen LogP contribution in [0.25, 0.3) is 0 Å². The molecule has 0 aliphatic rings. The Morgan fingerprint density at radius 1 is 1.44 bits per heavy atom. The van der Waals surface area contributed by atoms with E-state index in [-0.39, 0.29) is 0 Å². The van der Waals surface area contributed by atoms with Gasteiger partial charge in [0.25, 0.3) is 0 Å². The predicted molar refractivity (Wildman–Crippen MR) is 65.0 cm³/mol. The fourth-order valence-corrected chi connectivity index (χ4v) is 1.83. The lowest BCUT2D eigenvalue weighted by Gasteiger charge is -2.06. The lowest BCUT2D eigenvalue weighted by molar-refractivity contribution is 0.809. The van der Waals surface area contributed by atoms with E-state index in [1.165, 1.54) is 0 Å². The second-order valence-electron chi connectivity index (χ2n) is 3.43. The number of hydrogen-bond acceptors (Lipinski definition) is 4. The molecule has 2 aromatic rings. The number of nitrogens with one attached hydrogen (secondary N) is 1. The van der Waals surface area contributed by atoms with E-state index in [0.29, 0.717) is 6.54 Å². The van der Waals surface area contributed by atoms with Crippen LogP contribution in [0, 0.1) is 6.92 Å². The van der Waals surface area contributed by atoms with Crippen molar-refractivity contribution in [2.24, 2.45) is 7.05 Å². The van der Waals surface area contributed by atoms with Crippen LogP contribution in [-0.4, -0.2) is 19.5 Å². The molecule has 0 amide bonds. The van der Waals surface area contributed by atoms with E-state index in [9.17, 15) is 0 Å². The van der Waals surface area contributed by atoms with Gasteiger partial charge in [0.1, 0.15) is 22.1 Å². The zero-order valence-corrected chi connectivity index (χ0v) is 10.7. The summed E-state index contributed by atoms with van der Waals surface area (Å²) in [5.41, 5.74) is 0. The summed E-state index contributed by atoms with van der Waals surface area (Å²) in [6, 6.07) is 1.84. The molecule has 2 aromatic heterocycles. The van der Waals surface area contributed by atoms with E-state index < -0.39 is 0 Å². The van der Waals surface area contributed by atoms with Gasteiger partial charge in [-0.25, -0.2) is 15.0 Å². The van der Waals surface area contributed by atoms with E-state index in [1.54, 1.807) is 6.20 Å². The molecule has 0 atom stereocenters. The maximum absolute atomic E-state index is 4.27. The van der Waals surface area contributed by atoms with Crippen molar-refractivity contribution in [3.05, 3.63) is 34.7 Å². The molecule has 0 unspecified atom stereocenters. The van der Waals surface area contributed by atoms with Crippen LogP contribution in [0.5, 0.6) is 0 Å². The van der Waals surface area contributed by atoms with E-state index in [2.05, 4.69) is 36.2 Å². The number of anilines is 1. The van der Waals surface area contributed by atoms with Gasteiger partial charge in [-0.05, 0) is 22.9 Å². The van der Waals surface area contributed by atoms with E-state index in [1.807, 2.05) is 30.8 Å². The first-order valence-corrected chi connectivity index (χ1v) is 5.66. The van der Waals surface area contributed by atoms with E-state index in [4.69, 9.17) is 0 Å². The van der Waals surface area contributed by atoms with Gasteiger partial charge < -0.3 is 9.88 Å². The zero-order valence-electron chi connectivity index (χ0n) is 9.11. The summed E-state index contributed by atoms with van der Waals surface area (Å²) >= 11 is 3.33. The molecule has 0 bridgehead atoms. The molecular weight excluding hydrogens is 270 g/mol. The Morgan fingerprint density at radius 3 is 2.88 bits per heavy atom. The zero-order chi connectivity index (χ0) is 11.5. The average Bonchev–Trinajstić information content (AvgIpc) is 2.59. The first-order valence-electron chi connectivity index (χ1n) is 4.86. The van der Waals surface area contributed by atoms with Crippen LogP contribution >= 0.6 is 15.9 Å². The van der Waals surface area contributed by atoms with Gasteiger partial charge in [0, 0.05) is 25.5 Å². The van der Waals surface area contributed by atoms with Gasteiger partial charge in [0.05, 0.1) is 6.54 Å². The van der Waals surface area contributed by atoms with Crippen molar-refractivity contribution in [1.82, 2.24) is 19.5 Å². The summed E-state index contributed by atoms with van der Waals surface area (Å²) < 4.78 is 2.75. The van der Waals surface area contributed by atoms with Crippen LogP contribution < -0.4 is 5.32 Å². The molecule has 0 spiro atoms. The molecule has 6 heteroatoms. The van der Waals surface area contributed by atoms with Gasteiger partial charge in [0.15, 0.2) is 0 Å². The van der Waals surface area contributed by atoms with Crippen molar-refractivity contribution in [3.8, 4) is 0 Å². The molecule has 0 radical (unpaired) electrons. The third kappa shape index (κ3) is 2.57. The Balaban J connectivity index is 2.07. The number of rotatable bonds is 3. The molecule has 0 saturated heterocycles. The minimum atomic E-state index is 0.645. The maximum atomic E-state index is 4.27. The number of aryl methyl sites for hydroxylation is 2. The van der Waals surface area contributed by atoms with Crippen LogP contribution in [0.4, 0.5) is 5.82 Å². The monoisotopic (exact) mass is 281 g/mol. The molecule has 16 heavy (non-hydrogen) atoms. The Labute approximate surface area is 102 Å². The maximum Gasteiger partial charge on any atom is 0.131 e. The van der Waals surface area contributed by atoms with Crippen molar-refractivity contribution in [2.45, 2.75) is 13.5 Å². The topological polar surface area (TPSA) is 55.6 Å². The molecule has 0 aromatic carbocycles. The van der Waals surface area contributed by atoms with E-state index >= 15 is 0 Å². The largest absolute Gasteiger partial charge is 0.363 e. The summed E-state index contributed by atoms with van der Waals surface area (Å²) in [7, 11) is 1.96. The third-order valence-corrected chi connectivity index (χ3v) is 2.56. The van der Waals surface area contributed by atoms with Gasteiger partial charge in [-0.2, -0.15) is 0 Å². The highest BCUT2D eigenvalue weighted by molar-refractivity contribution is 9.10. The van der Waals surface area contributed by atoms with Crippen molar-refractivity contribution < 1.29 is 0 Å². The molecule has 5 nitrogen and oxygen atoms in total. The summed E-state index contributed by atoms with van der Waals surface area (Å²) in [5, 5.41) is 3.21. The van der Waals surface area contributed by atoms with Gasteiger partial charge in [0.2, 0.25) is 0 Å². The van der Waals surface area contributed by atoms with Gasteiger partial charge in [-0.1, -0.05) is 0 Å². The summed E-state index contributed by atoms with van der Waals surface area (Å²) in [5.74, 6) is 2.49. The SMILES string of the molecule is Cc1nc(Br)cc(NCc2nccn2C)n1. The molecule has 2 rings (SSSR count). The first-order chi connectivity index (χ1) is 7.65. The predicted octanol–water partition coefficient (Wildman–Crippen LogP) is 1.89. The molecule has 1 N–H and O–H groups in total. The summed E-state index contributed by atoms with van der Waals surface area (Å²) in [4.78, 5) is 12.6. The highest BCUT2D eigenvalue weighted by atomic mass is 79.9. The van der Waals surface area contributed by atoms with Crippen molar-refractivity contribution in [2.75, 3.05) is 5.32 Å². The minimum Gasteiger partial charge on any atom is -0.363 e. The molecule has 84 valence electrons. The Morgan fingerprint density at radius 2 is 2.25 bits per heavy atom. The van der Waals surface area contributed by atoms with Crippen LogP contribution in [0.15, 0.2) is 23.1 Å². The molecule has 0 aliphatic carbocycles. The molecule has 2 heterocycles. The molecule has 0 aliphatic heterocycles. The number of hydrogen-bond donors (Lipinski definition) is 1. The van der Waals surface area contributed by atoms with Crippen molar-refractivity contribution in [3.63, 3.8) is 0 Å². The number of nitrogens with zero attached hydrogens (tertiary/aromatic N) is 4. The van der Waals surface area contributed by atoms with Gasteiger partial charge in [-0.3, -0.25) is 0 Å². The molecular formula is C10H12BrN5. The number of aromatic nitrogens is 4. The number of imidazole rings is 1. The lowest BCUT2D eigenvalue weighted by Crippen LogP contribution is -2.07. The lowest BCUT2D eigenvalue weighted by atomic mass is 10.5. The summed E-state index contributed by atoms with van der Waals surface area (Å²) in [6.07, 6.45) is 3.69. The van der Waals surface area contributed by atoms with Crippen molar-refractivity contribution in [1.29, 1.82) is 0 Å². The molecule has 0 saturated carbocycles. The van der Waals surface area contributed by atoms with E-state index in [0.717, 1.165) is 22.1 Å². The smallest absolute Gasteiger partial charge is 0.131 e. The van der Waals surface area contributed by atoms with Crippen LogP contribution in [0.2, 0.25) is 0 Å². The second-order valence-corrected chi connectivity index (χ2v) is 4.24. The van der Waals surface area contributed by atoms with Gasteiger partial charge >= 0.3 is 0 Å². The fraction of sp³-hybridized carbons (Fsp3) is 0.300. The van der Waals surface area contributed by atoms with Crippen LogP contribution in [0.1, 0.15) is 11.6 Å². The first kappa shape index (κ1) is 11.1. The Hall–Kier alpha value is -1.43. The fourth-order valence-electron chi connectivity index (χ4n) is 1.36. The quantitative estimate of drug-likeness (QED) is 0.873. The van der Waals surface area contributed by atoms with Crippen LogP contribution in [0.3, 0.4) is 0 Å². The van der Waals surface area contributed by atoms with Gasteiger partial charge in [-0.15, -0.1) is 0 Å². The normalized spacial score (nSPS) is 10.4.